The van der Waals surface area contributed by atoms with E-state index in [9.17, 15) is 4.79 Å². The zero-order chi connectivity index (χ0) is 7.98. The van der Waals surface area contributed by atoms with Crippen LogP contribution in [0.4, 0.5) is 0 Å². The Balaban J connectivity index is 3.62. The van der Waals surface area contributed by atoms with Gasteiger partial charge in [-0.15, -0.1) is 0 Å². The third kappa shape index (κ3) is 3.87. The molecule has 58 valence electrons. The number of carbonyl (C=O) groups excluding carboxylic acids is 1. The number of esters is 1. The van der Waals surface area contributed by atoms with E-state index in [-0.39, 0.29) is 12.1 Å². The fourth-order valence-electron chi connectivity index (χ4n) is 0.498. The van der Waals surface area contributed by atoms with Crippen molar-refractivity contribution in [3.63, 3.8) is 0 Å². The second kappa shape index (κ2) is 5.70. The molecule has 0 saturated heterocycles. The fourth-order valence-corrected chi connectivity index (χ4v) is 0.678. The highest BCUT2D eigenvalue weighted by molar-refractivity contribution is 14.1. The molecule has 2 nitrogen and oxygen atoms in total. The molecule has 0 aliphatic rings. The zero-order valence-electron chi connectivity index (χ0n) is 5.97. The second-order valence-electron chi connectivity index (χ2n) is 1.81. The van der Waals surface area contributed by atoms with Crippen LogP contribution < -0.4 is 0 Å². The highest BCUT2D eigenvalue weighted by atomic mass is 127. The molecule has 3 heteroatoms. The quantitative estimate of drug-likeness (QED) is 0.331. The van der Waals surface area contributed by atoms with Crippen molar-refractivity contribution in [1.29, 1.82) is 0 Å². The molecule has 0 radical (unpaired) electrons. The van der Waals surface area contributed by atoms with Gasteiger partial charge < -0.3 is 4.74 Å². The zero-order valence-corrected chi connectivity index (χ0v) is 8.13. The van der Waals surface area contributed by atoms with Crippen LogP contribution in [0.1, 0.15) is 13.3 Å². The minimum absolute atomic E-state index is 0.109. The van der Waals surface area contributed by atoms with Crippen molar-refractivity contribution in [3.8, 4) is 0 Å². The van der Waals surface area contributed by atoms with Crippen LogP contribution in [-0.2, 0) is 9.53 Å². The first kappa shape index (κ1) is 9.94. The average Bonchev–Trinajstić information content (AvgIpc) is 1.99. The molecule has 1 atom stereocenters. The first-order valence-electron chi connectivity index (χ1n) is 3.12. The molecular weight excluding hydrogens is 243 g/mol. The molecule has 10 heavy (non-hydrogen) atoms. The van der Waals surface area contributed by atoms with Gasteiger partial charge in [-0.25, -0.2) is 0 Å². The summed E-state index contributed by atoms with van der Waals surface area (Å²) in [5, 5.41) is 0. The fraction of sp³-hybridized carbons (Fsp3) is 0.571. The molecule has 0 aromatic carbocycles. The van der Waals surface area contributed by atoms with Crippen molar-refractivity contribution < 1.29 is 9.53 Å². The number of alkyl halides is 1. The van der Waals surface area contributed by atoms with Crippen LogP contribution in [0.5, 0.6) is 0 Å². The van der Waals surface area contributed by atoms with Gasteiger partial charge in [-0.05, 0) is 6.42 Å². The molecule has 0 rings (SSSR count). The van der Waals surface area contributed by atoms with E-state index in [4.69, 9.17) is 4.74 Å². The Morgan fingerprint density at radius 1 is 1.90 bits per heavy atom. The topological polar surface area (TPSA) is 26.3 Å². The molecule has 0 heterocycles. The summed E-state index contributed by atoms with van der Waals surface area (Å²) in [6.07, 6.45) is 2.33. The van der Waals surface area contributed by atoms with Gasteiger partial charge in [0.05, 0.1) is 4.43 Å². The summed E-state index contributed by atoms with van der Waals surface area (Å²) < 4.78 is 5.34. The van der Waals surface area contributed by atoms with Crippen molar-refractivity contribution >= 4 is 28.6 Å². The largest absolute Gasteiger partial charge is 0.458 e. The van der Waals surface area contributed by atoms with Crippen LogP contribution in [0, 0.1) is 0 Å². The van der Waals surface area contributed by atoms with E-state index >= 15 is 0 Å². The van der Waals surface area contributed by atoms with Gasteiger partial charge in [0, 0.05) is 0 Å². The van der Waals surface area contributed by atoms with Crippen molar-refractivity contribution in [1.82, 2.24) is 0 Å². The Morgan fingerprint density at radius 2 is 2.50 bits per heavy atom. The number of hydrogen-bond donors (Lipinski definition) is 0. The highest BCUT2D eigenvalue weighted by Crippen LogP contribution is 2.00. The van der Waals surface area contributed by atoms with Gasteiger partial charge >= 0.3 is 5.97 Å². The van der Waals surface area contributed by atoms with Gasteiger partial charge in [-0.2, -0.15) is 0 Å². The van der Waals surface area contributed by atoms with Gasteiger partial charge in [0.2, 0.25) is 0 Å². The van der Waals surface area contributed by atoms with E-state index < -0.39 is 0 Å². The van der Waals surface area contributed by atoms with Crippen LogP contribution in [0.15, 0.2) is 12.7 Å². The smallest absolute Gasteiger partial charge is 0.316 e. The molecule has 0 saturated carbocycles. The number of carbonyl (C=O) groups is 1. The van der Waals surface area contributed by atoms with Crippen molar-refractivity contribution in [2.75, 3.05) is 4.43 Å². The summed E-state index contributed by atoms with van der Waals surface area (Å²) in [7, 11) is 0. The lowest BCUT2D eigenvalue weighted by Gasteiger charge is -2.09. The Kier molecular flexibility index (Phi) is 5.67. The molecule has 0 fully saturated rings. The maximum Gasteiger partial charge on any atom is 0.316 e. The third-order valence-electron chi connectivity index (χ3n) is 1.06. The molecule has 0 aliphatic carbocycles. The Labute approximate surface area is 74.8 Å². The Bertz CT molecular complexity index is 123. The van der Waals surface area contributed by atoms with Crippen LogP contribution in [-0.4, -0.2) is 16.5 Å². The molecule has 0 aromatic rings. The van der Waals surface area contributed by atoms with Gasteiger partial charge in [0.15, 0.2) is 0 Å². The second-order valence-corrected chi connectivity index (χ2v) is 2.57. The van der Waals surface area contributed by atoms with Crippen LogP contribution >= 0.6 is 22.6 Å². The van der Waals surface area contributed by atoms with Gasteiger partial charge in [0.1, 0.15) is 6.10 Å². The predicted octanol–water partition coefficient (Wildman–Crippen LogP) is 1.93. The maximum atomic E-state index is 10.7. The molecule has 0 N–H and O–H groups in total. The number of hydrogen-bond acceptors (Lipinski definition) is 2. The van der Waals surface area contributed by atoms with Crippen molar-refractivity contribution in [2.24, 2.45) is 0 Å². The Morgan fingerprint density at radius 3 is 2.80 bits per heavy atom. The van der Waals surface area contributed by atoms with E-state index in [0.717, 1.165) is 6.42 Å². The van der Waals surface area contributed by atoms with Crippen LogP contribution in [0.25, 0.3) is 0 Å². The lowest BCUT2D eigenvalue weighted by molar-refractivity contribution is -0.143. The summed E-state index contributed by atoms with van der Waals surface area (Å²) in [4.78, 5) is 10.7. The molecule has 0 bridgehead atoms. The predicted molar refractivity (Wildman–Crippen MR) is 49.3 cm³/mol. The lowest BCUT2D eigenvalue weighted by atomic mass is 10.3. The summed E-state index contributed by atoms with van der Waals surface area (Å²) in [5.41, 5.74) is 0. The summed E-state index contributed by atoms with van der Waals surface area (Å²) in [6, 6.07) is 0. The summed E-state index contributed by atoms with van der Waals surface area (Å²) in [5.74, 6) is -0.174. The molecular formula is C7H11IO2. The number of rotatable bonds is 4. The first-order chi connectivity index (χ1) is 4.74. The van der Waals surface area contributed by atoms with E-state index in [1.54, 1.807) is 6.08 Å². The normalized spacial score (nSPS) is 12.2. The number of halogens is 1. The highest BCUT2D eigenvalue weighted by Gasteiger charge is 2.05. The summed E-state index contributed by atoms with van der Waals surface area (Å²) >= 11 is 1.97. The monoisotopic (exact) mass is 254 g/mol. The van der Waals surface area contributed by atoms with Crippen LogP contribution in [0.3, 0.4) is 0 Å². The van der Waals surface area contributed by atoms with E-state index in [1.807, 2.05) is 29.5 Å². The third-order valence-corrected chi connectivity index (χ3v) is 1.68. The summed E-state index contributed by atoms with van der Waals surface area (Å²) in [6.45, 7) is 5.49. The SMILES string of the molecule is C=CC(CC)OC(=O)CI. The molecule has 1 unspecified atom stereocenters. The minimum Gasteiger partial charge on any atom is -0.458 e. The molecule has 0 spiro atoms. The van der Waals surface area contributed by atoms with Gasteiger partial charge in [-0.1, -0.05) is 42.2 Å². The van der Waals surface area contributed by atoms with E-state index in [1.165, 1.54) is 0 Å². The molecule has 0 aliphatic heterocycles. The maximum absolute atomic E-state index is 10.7. The van der Waals surface area contributed by atoms with Crippen LogP contribution in [0.2, 0.25) is 0 Å². The lowest BCUT2D eigenvalue weighted by Crippen LogP contribution is -2.15. The standard InChI is InChI=1S/C7H11IO2/c1-3-6(4-2)10-7(9)5-8/h3,6H,1,4-5H2,2H3. The average molecular weight is 254 g/mol. The van der Waals surface area contributed by atoms with Crippen molar-refractivity contribution in [2.45, 2.75) is 19.4 Å². The minimum atomic E-state index is -0.174. The van der Waals surface area contributed by atoms with E-state index in [2.05, 4.69) is 6.58 Å². The van der Waals surface area contributed by atoms with Gasteiger partial charge in [0.25, 0.3) is 0 Å². The number of ether oxygens (including phenoxy) is 1. The van der Waals surface area contributed by atoms with E-state index in [0.29, 0.717) is 4.43 Å². The van der Waals surface area contributed by atoms with Crippen molar-refractivity contribution in [3.05, 3.63) is 12.7 Å². The molecule has 0 amide bonds. The Hall–Kier alpha value is -0.0600. The first-order valence-corrected chi connectivity index (χ1v) is 4.65. The molecule has 0 aromatic heterocycles. The van der Waals surface area contributed by atoms with Gasteiger partial charge in [-0.3, -0.25) is 4.79 Å².